The average Bonchev–Trinajstić information content (AvgIpc) is 2.44. The molecule has 0 radical (unpaired) electrons. The molecule has 0 aliphatic carbocycles. The SMILES string of the molecule is CCC1COCCN1CCCC(C#N)(CC)NC. The van der Waals surface area contributed by atoms with E-state index in [0.717, 1.165) is 52.0 Å². The van der Waals surface area contributed by atoms with Crippen molar-refractivity contribution in [3.05, 3.63) is 0 Å². The van der Waals surface area contributed by atoms with Crippen LogP contribution in [0.3, 0.4) is 0 Å². The molecule has 4 heteroatoms. The summed E-state index contributed by atoms with van der Waals surface area (Å²) in [5.74, 6) is 0. The highest BCUT2D eigenvalue weighted by atomic mass is 16.5. The Morgan fingerprint density at radius 3 is 2.83 bits per heavy atom. The zero-order chi connectivity index (χ0) is 13.4. The van der Waals surface area contributed by atoms with E-state index in [1.165, 1.54) is 0 Å². The van der Waals surface area contributed by atoms with Crippen molar-refractivity contribution in [2.24, 2.45) is 0 Å². The van der Waals surface area contributed by atoms with E-state index >= 15 is 0 Å². The van der Waals surface area contributed by atoms with Crippen LogP contribution in [0.4, 0.5) is 0 Å². The van der Waals surface area contributed by atoms with Crippen LogP contribution in [-0.2, 0) is 4.74 Å². The Bertz CT molecular complexity index is 271. The van der Waals surface area contributed by atoms with Gasteiger partial charge in [0.15, 0.2) is 0 Å². The lowest BCUT2D eigenvalue weighted by molar-refractivity contribution is -0.00965. The molecule has 1 N–H and O–H groups in total. The van der Waals surface area contributed by atoms with Gasteiger partial charge in [-0.3, -0.25) is 4.90 Å². The molecule has 18 heavy (non-hydrogen) atoms. The fraction of sp³-hybridized carbons (Fsp3) is 0.929. The highest BCUT2D eigenvalue weighted by Gasteiger charge is 2.26. The van der Waals surface area contributed by atoms with Crippen molar-refractivity contribution in [3.63, 3.8) is 0 Å². The van der Waals surface area contributed by atoms with E-state index in [4.69, 9.17) is 4.74 Å². The molecule has 0 aromatic heterocycles. The van der Waals surface area contributed by atoms with Crippen molar-refractivity contribution in [1.82, 2.24) is 10.2 Å². The molecule has 0 spiro atoms. The summed E-state index contributed by atoms with van der Waals surface area (Å²) >= 11 is 0. The second kappa shape index (κ2) is 7.73. The first kappa shape index (κ1) is 15.4. The van der Waals surface area contributed by atoms with Gasteiger partial charge < -0.3 is 10.1 Å². The molecule has 1 heterocycles. The molecule has 2 atom stereocenters. The van der Waals surface area contributed by atoms with Crippen molar-refractivity contribution < 1.29 is 4.74 Å². The lowest BCUT2D eigenvalue weighted by Crippen LogP contribution is -2.46. The molecule has 0 aromatic rings. The Morgan fingerprint density at radius 2 is 2.28 bits per heavy atom. The molecule has 0 aromatic carbocycles. The summed E-state index contributed by atoms with van der Waals surface area (Å²) in [5, 5.41) is 12.4. The summed E-state index contributed by atoms with van der Waals surface area (Å²) in [6, 6.07) is 2.99. The van der Waals surface area contributed by atoms with Crippen molar-refractivity contribution in [3.8, 4) is 6.07 Å². The van der Waals surface area contributed by atoms with Gasteiger partial charge in [-0.25, -0.2) is 0 Å². The number of nitrogens with zero attached hydrogens (tertiary/aromatic N) is 2. The van der Waals surface area contributed by atoms with Gasteiger partial charge in [-0.2, -0.15) is 5.26 Å². The molecule has 4 nitrogen and oxygen atoms in total. The molecule has 1 aliphatic rings. The predicted octanol–water partition coefficient (Wildman–Crippen LogP) is 1.77. The molecule has 1 saturated heterocycles. The van der Waals surface area contributed by atoms with Crippen LogP contribution in [-0.4, -0.2) is 49.8 Å². The van der Waals surface area contributed by atoms with E-state index in [-0.39, 0.29) is 5.54 Å². The van der Waals surface area contributed by atoms with Crippen LogP contribution in [0.5, 0.6) is 0 Å². The van der Waals surface area contributed by atoms with Crippen LogP contribution in [0, 0.1) is 11.3 Å². The molecule has 104 valence electrons. The van der Waals surface area contributed by atoms with Gasteiger partial charge in [0.1, 0.15) is 5.54 Å². The number of nitriles is 1. The largest absolute Gasteiger partial charge is 0.378 e. The monoisotopic (exact) mass is 253 g/mol. The van der Waals surface area contributed by atoms with Gasteiger partial charge in [0.25, 0.3) is 0 Å². The van der Waals surface area contributed by atoms with Gasteiger partial charge in [-0.1, -0.05) is 13.8 Å². The maximum atomic E-state index is 9.27. The topological polar surface area (TPSA) is 48.3 Å². The first-order valence-electron chi connectivity index (χ1n) is 7.13. The normalized spacial score (nSPS) is 24.4. The standard InChI is InChI=1S/C14H27N3O/c1-4-13-11-18-10-9-17(13)8-6-7-14(5-2,12-15)16-3/h13,16H,4-11H2,1-3H3. The van der Waals surface area contributed by atoms with Crippen molar-refractivity contribution in [2.45, 2.75) is 51.1 Å². The maximum absolute atomic E-state index is 9.27. The molecule has 0 amide bonds. The van der Waals surface area contributed by atoms with Crippen LogP contribution in [0.2, 0.25) is 0 Å². The van der Waals surface area contributed by atoms with E-state index in [0.29, 0.717) is 6.04 Å². The van der Waals surface area contributed by atoms with Crippen LogP contribution in [0.25, 0.3) is 0 Å². The predicted molar refractivity (Wildman–Crippen MR) is 73.4 cm³/mol. The minimum atomic E-state index is -0.339. The van der Waals surface area contributed by atoms with Crippen LogP contribution in [0.15, 0.2) is 0 Å². The van der Waals surface area contributed by atoms with E-state index in [1.807, 2.05) is 7.05 Å². The molecule has 1 aliphatic heterocycles. The number of morpholine rings is 1. The van der Waals surface area contributed by atoms with Crippen LogP contribution < -0.4 is 5.32 Å². The van der Waals surface area contributed by atoms with Gasteiger partial charge in [-0.05, 0) is 39.3 Å². The van der Waals surface area contributed by atoms with E-state index < -0.39 is 0 Å². The number of ether oxygens (including phenoxy) is 1. The third-order valence-corrected chi connectivity index (χ3v) is 4.17. The minimum absolute atomic E-state index is 0.339. The Hall–Kier alpha value is -0.630. The van der Waals surface area contributed by atoms with Crippen molar-refractivity contribution >= 4 is 0 Å². The molecule has 0 saturated carbocycles. The summed E-state index contributed by atoms with van der Waals surface area (Å²) in [6.07, 6.45) is 3.99. The summed E-state index contributed by atoms with van der Waals surface area (Å²) < 4.78 is 5.51. The third kappa shape index (κ3) is 3.94. The summed E-state index contributed by atoms with van der Waals surface area (Å²) in [6.45, 7) is 8.10. The highest BCUT2D eigenvalue weighted by Crippen LogP contribution is 2.18. The molecule has 0 bridgehead atoms. The molecule has 2 unspecified atom stereocenters. The highest BCUT2D eigenvalue weighted by molar-refractivity contribution is 5.05. The Kier molecular flexibility index (Phi) is 6.62. The maximum Gasteiger partial charge on any atom is 0.106 e. The Labute approximate surface area is 111 Å². The van der Waals surface area contributed by atoms with Crippen LogP contribution >= 0.6 is 0 Å². The third-order valence-electron chi connectivity index (χ3n) is 4.17. The van der Waals surface area contributed by atoms with E-state index in [9.17, 15) is 5.26 Å². The Balaban J connectivity index is 2.38. The summed E-state index contributed by atoms with van der Waals surface area (Å²) in [5.41, 5.74) is -0.339. The first-order valence-corrected chi connectivity index (χ1v) is 7.13. The average molecular weight is 253 g/mol. The van der Waals surface area contributed by atoms with Gasteiger partial charge in [0, 0.05) is 12.6 Å². The minimum Gasteiger partial charge on any atom is -0.378 e. The smallest absolute Gasteiger partial charge is 0.106 e. The van der Waals surface area contributed by atoms with Crippen LogP contribution in [0.1, 0.15) is 39.5 Å². The fourth-order valence-electron chi connectivity index (χ4n) is 2.61. The molecule has 1 rings (SSSR count). The quantitative estimate of drug-likeness (QED) is 0.751. The lowest BCUT2D eigenvalue weighted by atomic mass is 9.92. The first-order chi connectivity index (χ1) is 8.71. The molecular weight excluding hydrogens is 226 g/mol. The lowest BCUT2D eigenvalue weighted by Gasteiger charge is -2.35. The van der Waals surface area contributed by atoms with E-state index in [2.05, 4.69) is 30.1 Å². The zero-order valence-electron chi connectivity index (χ0n) is 12.0. The van der Waals surface area contributed by atoms with Gasteiger partial charge in [0.05, 0.1) is 19.3 Å². The summed E-state index contributed by atoms with van der Waals surface area (Å²) in [7, 11) is 1.89. The van der Waals surface area contributed by atoms with Gasteiger partial charge >= 0.3 is 0 Å². The van der Waals surface area contributed by atoms with Gasteiger partial charge in [0.2, 0.25) is 0 Å². The molecular formula is C14H27N3O. The van der Waals surface area contributed by atoms with Gasteiger partial charge in [-0.15, -0.1) is 0 Å². The second-order valence-corrected chi connectivity index (χ2v) is 5.07. The van der Waals surface area contributed by atoms with E-state index in [1.54, 1.807) is 0 Å². The fourth-order valence-corrected chi connectivity index (χ4v) is 2.61. The number of nitrogens with one attached hydrogen (secondary N) is 1. The van der Waals surface area contributed by atoms with Crippen molar-refractivity contribution in [1.29, 1.82) is 5.26 Å². The number of hydrogen-bond donors (Lipinski definition) is 1. The summed E-state index contributed by atoms with van der Waals surface area (Å²) in [4.78, 5) is 2.51. The number of rotatable bonds is 7. The van der Waals surface area contributed by atoms with Crippen molar-refractivity contribution in [2.75, 3.05) is 33.4 Å². The number of hydrogen-bond acceptors (Lipinski definition) is 4. The second-order valence-electron chi connectivity index (χ2n) is 5.07. The zero-order valence-corrected chi connectivity index (χ0v) is 12.0. The Morgan fingerprint density at radius 1 is 1.50 bits per heavy atom. The molecule has 1 fully saturated rings.